The normalized spacial score (nSPS) is 19.6. The summed E-state index contributed by atoms with van der Waals surface area (Å²) in [7, 11) is 0. The summed E-state index contributed by atoms with van der Waals surface area (Å²) in [5.74, 6) is -1.46. The van der Waals surface area contributed by atoms with Crippen molar-refractivity contribution in [1.29, 1.82) is 0 Å². The Hall–Kier alpha value is -3.35. The number of carboxylic acid groups (broad SMARTS) is 1. The van der Waals surface area contributed by atoms with Gasteiger partial charge in [-0.3, -0.25) is 9.59 Å². The van der Waals surface area contributed by atoms with E-state index in [1.54, 1.807) is 13.8 Å². The van der Waals surface area contributed by atoms with Crippen LogP contribution in [0.5, 0.6) is 0 Å². The van der Waals surface area contributed by atoms with Gasteiger partial charge in [-0.15, -0.1) is 0 Å². The van der Waals surface area contributed by atoms with Gasteiger partial charge < -0.3 is 20.5 Å². The number of benzene rings is 2. The Morgan fingerprint density at radius 3 is 2.24 bits per heavy atom. The Labute approximate surface area is 199 Å². The SMILES string of the molecule is CC(C)(CC(=O)N[C@H]1CCC[C@@H](C(=O)O)C1)NC(=O)OCC1c2ccccc2-c2ccccc21. The summed E-state index contributed by atoms with van der Waals surface area (Å²) in [5.41, 5.74) is 3.80. The van der Waals surface area contributed by atoms with Crippen molar-refractivity contribution in [1.82, 2.24) is 10.6 Å². The van der Waals surface area contributed by atoms with Crippen molar-refractivity contribution in [2.24, 2.45) is 5.92 Å². The second kappa shape index (κ2) is 9.87. The van der Waals surface area contributed by atoms with Crippen LogP contribution in [0.3, 0.4) is 0 Å². The highest BCUT2D eigenvalue weighted by molar-refractivity contribution is 5.80. The summed E-state index contributed by atoms with van der Waals surface area (Å²) < 4.78 is 5.60. The van der Waals surface area contributed by atoms with Gasteiger partial charge in [0.05, 0.1) is 5.92 Å². The number of carboxylic acids is 1. The van der Waals surface area contributed by atoms with Crippen LogP contribution >= 0.6 is 0 Å². The van der Waals surface area contributed by atoms with E-state index in [-0.39, 0.29) is 30.9 Å². The molecule has 2 aromatic rings. The second-order valence-corrected chi connectivity index (χ2v) is 9.98. The predicted octanol–water partition coefficient (Wildman–Crippen LogP) is 4.45. The zero-order chi connectivity index (χ0) is 24.3. The minimum atomic E-state index is -0.812. The van der Waals surface area contributed by atoms with Gasteiger partial charge in [0.2, 0.25) is 5.91 Å². The lowest BCUT2D eigenvalue weighted by Gasteiger charge is -2.30. The molecular formula is C27H32N2O5. The van der Waals surface area contributed by atoms with E-state index in [0.29, 0.717) is 12.8 Å². The number of fused-ring (bicyclic) bond motifs is 3. The fourth-order valence-electron chi connectivity index (χ4n) is 5.18. The number of ether oxygens (including phenoxy) is 1. The van der Waals surface area contributed by atoms with Gasteiger partial charge in [0.15, 0.2) is 0 Å². The van der Waals surface area contributed by atoms with Crippen LogP contribution in [0.1, 0.15) is 63.0 Å². The Bertz CT molecular complexity index is 1030. The Morgan fingerprint density at radius 2 is 1.62 bits per heavy atom. The van der Waals surface area contributed by atoms with Crippen LogP contribution in [0.4, 0.5) is 4.79 Å². The zero-order valence-corrected chi connectivity index (χ0v) is 19.7. The number of hydrogen-bond acceptors (Lipinski definition) is 4. The highest BCUT2D eigenvalue weighted by atomic mass is 16.5. The topological polar surface area (TPSA) is 105 Å². The van der Waals surface area contributed by atoms with E-state index in [9.17, 15) is 19.5 Å². The molecule has 2 amide bonds. The second-order valence-electron chi connectivity index (χ2n) is 9.98. The van der Waals surface area contributed by atoms with E-state index in [0.717, 1.165) is 35.1 Å². The number of nitrogens with one attached hydrogen (secondary N) is 2. The van der Waals surface area contributed by atoms with E-state index >= 15 is 0 Å². The maximum absolute atomic E-state index is 12.6. The maximum atomic E-state index is 12.6. The molecule has 34 heavy (non-hydrogen) atoms. The molecule has 0 saturated heterocycles. The molecule has 0 radical (unpaired) electrons. The van der Waals surface area contributed by atoms with E-state index < -0.39 is 23.5 Å². The molecule has 0 aliphatic heterocycles. The zero-order valence-electron chi connectivity index (χ0n) is 19.7. The van der Waals surface area contributed by atoms with Gasteiger partial charge in [-0.05, 0) is 55.4 Å². The molecule has 180 valence electrons. The largest absolute Gasteiger partial charge is 0.481 e. The molecule has 0 unspecified atom stereocenters. The molecule has 7 heteroatoms. The van der Waals surface area contributed by atoms with Crippen molar-refractivity contribution >= 4 is 18.0 Å². The highest BCUT2D eigenvalue weighted by Gasteiger charge is 2.32. The van der Waals surface area contributed by atoms with E-state index in [1.165, 1.54) is 0 Å². The van der Waals surface area contributed by atoms with Crippen molar-refractivity contribution in [3.8, 4) is 11.1 Å². The minimum absolute atomic E-state index is 0.0296. The lowest BCUT2D eigenvalue weighted by atomic mass is 9.85. The molecule has 2 aromatic carbocycles. The van der Waals surface area contributed by atoms with Gasteiger partial charge in [0.1, 0.15) is 6.61 Å². The first-order valence-electron chi connectivity index (χ1n) is 11.9. The molecule has 1 fully saturated rings. The van der Waals surface area contributed by atoms with Gasteiger partial charge in [-0.2, -0.15) is 0 Å². The van der Waals surface area contributed by atoms with Gasteiger partial charge in [-0.25, -0.2) is 4.79 Å². The monoisotopic (exact) mass is 464 g/mol. The summed E-state index contributed by atoms with van der Waals surface area (Å²) in [5, 5.41) is 15.0. The van der Waals surface area contributed by atoms with E-state index in [2.05, 4.69) is 34.9 Å². The lowest BCUT2D eigenvalue weighted by Crippen LogP contribution is -2.49. The van der Waals surface area contributed by atoms with Crippen LogP contribution < -0.4 is 10.6 Å². The molecule has 0 aromatic heterocycles. The van der Waals surface area contributed by atoms with Crippen LogP contribution in [-0.4, -0.2) is 41.3 Å². The summed E-state index contributed by atoms with van der Waals surface area (Å²) in [6, 6.07) is 16.2. The smallest absolute Gasteiger partial charge is 0.407 e. The van der Waals surface area contributed by atoms with Crippen molar-refractivity contribution in [3.63, 3.8) is 0 Å². The minimum Gasteiger partial charge on any atom is -0.481 e. The molecule has 0 spiro atoms. The van der Waals surface area contributed by atoms with Gasteiger partial charge >= 0.3 is 12.1 Å². The summed E-state index contributed by atoms with van der Waals surface area (Å²) in [4.78, 5) is 36.4. The van der Waals surface area contributed by atoms with E-state index in [1.807, 2.05) is 24.3 Å². The molecule has 0 bridgehead atoms. The first-order chi connectivity index (χ1) is 16.2. The van der Waals surface area contributed by atoms with Crippen molar-refractivity contribution in [2.45, 2.75) is 63.5 Å². The molecule has 2 aliphatic carbocycles. The number of carbonyl (C=O) groups is 3. The predicted molar refractivity (Wildman–Crippen MR) is 128 cm³/mol. The Kier molecular flexibility index (Phi) is 6.91. The molecule has 7 nitrogen and oxygen atoms in total. The molecule has 3 N–H and O–H groups in total. The van der Waals surface area contributed by atoms with Gasteiger partial charge in [0.25, 0.3) is 0 Å². The number of rotatable bonds is 7. The average Bonchev–Trinajstić information content (AvgIpc) is 3.11. The van der Waals surface area contributed by atoms with Crippen LogP contribution in [-0.2, 0) is 14.3 Å². The first-order valence-corrected chi connectivity index (χ1v) is 11.9. The fraction of sp³-hybridized carbons (Fsp3) is 0.444. The summed E-state index contributed by atoms with van der Waals surface area (Å²) >= 11 is 0. The fourth-order valence-corrected chi connectivity index (χ4v) is 5.18. The van der Waals surface area contributed by atoms with Gasteiger partial charge in [-0.1, -0.05) is 55.0 Å². The van der Waals surface area contributed by atoms with Gasteiger partial charge in [0, 0.05) is 23.9 Å². The van der Waals surface area contributed by atoms with Crippen molar-refractivity contribution < 1.29 is 24.2 Å². The van der Waals surface area contributed by atoms with Crippen LogP contribution in [0, 0.1) is 5.92 Å². The summed E-state index contributed by atoms with van der Waals surface area (Å²) in [6.07, 6.45) is 2.16. The number of amides is 2. The summed E-state index contributed by atoms with van der Waals surface area (Å²) in [6.45, 7) is 3.75. The van der Waals surface area contributed by atoms with Crippen molar-refractivity contribution in [2.75, 3.05) is 6.61 Å². The third kappa shape index (κ3) is 5.41. The van der Waals surface area contributed by atoms with Crippen LogP contribution in [0.15, 0.2) is 48.5 Å². The third-order valence-electron chi connectivity index (χ3n) is 6.78. The van der Waals surface area contributed by atoms with Crippen LogP contribution in [0.25, 0.3) is 11.1 Å². The quantitative estimate of drug-likeness (QED) is 0.561. The third-order valence-corrected chi connectivity index (χ3v) is 6.78. The molecule has 2 atom stereocenters. The van der Waals surface area contributed by atoms with Crippen molar-refractivity contribution in [3.05, 3.63) is 59.7 Å². The molecule has 0 heterocycles. The molecule has 2 aliphatic rings. The molecule has 4 rings (SSSR count). The molecular weight excluding hydrogens is 432 g/mol. The van der Waals surface area contributed by atoms with Crippen LogP contribution in [0.2, 0.25) is 0 Å². The first kappa shape index (κ1) is 23.8. The Balaban J connectivity index is 1.30. The number of carbonyl (C=O) groups excluding carboxylic acids is 2. The van der Waals surface area contributed by atoms with E-state index in [4.69, 9.17) is 4.74 Å². The highest BCUT2D eigenvalue weighted by Crippen LogP contribution is 2.44. The number of hydrogen-bond donors (Lipinski definition) is 3. The number of aliphatic carboxylic acids is 1. The average molecular weight is 465 g/mol. The standard InChI is InChI=1S/C27H32N2O5/c1-27(2,15-24(30)28-18-9-7-8-17(14-18)25(31)32)29-26(33)34-16-23-21-12-5-3-10-19(21)20-11-4-6-13-22(20)23/h3-6,10-13,17-18,23H,7-9,14-16H2,1-2H3,(H,28,30)(H,29,33)(H,31,32)/t17-,18+/m1/s1. The lowest BCUT2D eigenvalue weighted by molar-refractivity contribution is -0.143. The Morgan fingerprint density at radius 1 is 1.00 bits per heavy atom. The maximum Gasteiger partial charge on any atom is 0.407 e. The molecule has 1 saturated carbocycles. The number of alkyl carbamates (subject to hydrolysis) is 1.